The Hall–Kier alpha value is -1.39. The number of ether oxygens (including phenoxy) is 1. The predicted molar refractivity (Wildman–Crippen MR) is 77.1 cm³/mol. The molecule has 1 unspecified atom stereocenters. The summed E-state index contributed by atoms with van der Waals surface area (Å²) in [5.74, 6) is 0.383. The lowest BCUT2D eigenvalue weighted by Gasteiger charge is -2.31. The molecule has 20 heavy (non-hydrogen) atoms. The highest BCUT2D eigenvalue weighted by atomic mass is 16.5. The van der Waals surface area contributed by atoms with Crippen molar-refractivity contribution >= 4 is 5.91 Å². The number of hydrogen-bond donors (Lipinski definition) is 1. The normalized spacial score (nSPS) is 19.1. The molecule has 0 radical (unpaired) electrons. The number of aliphatic hydroxyl groups excluding tert-OH is 1. The Morgan fingerprint density at radius 3 is 2.90 bits per heavy atom. The number of aliphatic hydroxyl groups is 1. The van der Waals surface area contributed by atoms with Crippen molar-refractivity contribution in [2.75, 3.05) is 26.3 Å². The molecule has 110 valence electrons. The van der Waals surface area contributed by atoms with Crippen molar-refractivity contribution in [3.05, 3.63) is 35.9 Å². The minimum Gasteiger partial charge on any atom is -0.396 e. The van der Waals surface area contributed by atoms with Gasteiger partial charge in [-0.3, -0.25) is 4.79 Å². The second-order valence-corrected chi connectivity index (χ2v) is 5.32. The van der Waals surface area contributed by atoms with Gasteiger partial charge in [0.2, 0.25) is 5.91 Å². The highest BCUT2D eigenvalue weighted by Gasteiger charge is 2.22. The van der Waals surface area contributed by atoms with Crippen molar-refractivity contribution in [2.24, 2.45) is 5.92 Å². The smallest absolute Gasteiger partial charge is 0.224 e. The summed E-state index contributed by atoms with van der Waals surface area (Å²) in [4.78, 5) is 13.9. The first-order chi connectivity index (χ1) is 9.79. The molecule has 1 fully saturated rings. The molecule has 1 aromatic carbocycles. The first-order valence-electron chi connectivity index (χ1n) is 7.30. The van der Waals surface area contributed by atoms with Crippen LogP contribution in [0.4, 0.5) is 0 Å². The zero-order valence-corrected chi connectivity index (χ0v) is 11.8. The molecule has 1 saturated heterocycles. The van der Waals surface area contributed by atoms with E-state index in [0.717, 1.165) is 24.9 Å². The van der Waals surface area contributed by atoms with Crippen LogP contribution in [0.5, 0.6) is 0 Å². The van der Waals surface area contributed by atoms with Crippen LogP contribution in [0.25, 0.3) is 0 Å². The van der Waals surface area contributed by atoms with Gasteiger partial charge in [0.1, 0.15) is 0 Å². The van der Waals surface area contributed by atoms with Crippen LogP contribution in [0, 0.1) is 5.92 Å². The summed E-state index contributed by atoms with van der Waals surface area (Å²) in [6.45, 7) is 2.68. The molecule has 0 aromatic heterocycles. The van der Waals surface area contributed by atoms with Gasteiger partial charge in [-0.15, -0.1) is 0 Å². The van der Waals surface area contributed by atoms with E-state index < -0.39 is 0 Å². The van der Waals surface area contributed by atoms with Gasteiger partial charge in [0.25, 0.3) is 0 Å². The fourth-order valence-corrected chi connectivity index (χ4v) is 2.52. The van der Waals surface area contributed by atoms with E-state index in [1.165, 1.54) is 0 Å². The van der Waals surface area contributed by atoms with Gasteiger partial charge in [-0.2, -0.15) is 0 Å². The Kier molecular flexibility index (Phi) is 6.02. The molecule has 1 aliphatic rings. The predicted octanol–water partition coefficient (Wildman–Crippen LogP) is 1.82. The zero-order valence-electron chi connectivity index (χ0n) is 11.8. The number of likely N-dealkylation sites (tertiary alicyclic amines) is 1. The number of piperidine rings is 1. The standard InChI is InChI=1S/C16H23NO3/c18-12-15-7-4-9-17(11-15)16(19)8-10-20-13-14-5-2-1-3-6-14/h1-3,5-6,15,18H,4,7-13H2. The molecule has 0 saturated carbocycles. The molecule has 0 spiro atoms. The van der Waals surface area contributed by atoms with E-state index in [4.69, 9.17) is 9.84 Å². The van der Waals surface area contributed by atoms with E-state index in [9.17, 15) is 4.79 Å². The quantitative estimate of drug-likeness (QED) is 0.807. The van der Waals surface area contributed by atoms with E-state index in [2.05, 4.69) is 0 Å². The molecule has 4 nitrogen and oxygen atoms in total. The molecule has 2 rings (SSSR count). The second-order valence-electron chi connectivity index (χ2n) is 5.32. The van der Waals surface area contributed by atoms with E-state index in [1.54, 1.807) is 0 Å². The van der Waals surface area contributed by atoms with Gasteiger partial charge in [0.05, 0.1) is 19.6 Å². The van der Waals surface area contributed by atoms with Crippen molar-refractivity contribution < 1.29 is 14.6 Å². The number of carbonyl (C=O) groups excluding carboxylic acids is 1. The van der Waals surface area contributed by atoms with Crippen molar-refractivity contribution in [2.45, 2.75) is 25.9 Å². The van der Waals surface area contributed by atoms with Gasteiger partial charge in [-0.1, -0.05) is 30.3 Å². The zero-order chi connectivity index (χ0) is 14.2. The molecule has 1 heterocycles. The van der Waals surface area contributed by atoms with Crippen molar-refractivity contribution in [3.8, 4) is 0 Å². The van der Waals surface area contributed by atoms with Crippen molar-refractivity contribution in [1.82, 2.24) is 4.90 Å². The highest BCUT2D eigenvalue weighted by molar-refractivity contribution is 5.76. The molecule has 1 aliphatic heterocycles. The van der Waals surface area contributed by atoms with Gasteiger partial charge < -0.3 is 14.7 Å². The van der Waals surface area contributed by atoms with E-state index in [1.807, 2.05) is 35.2 Å². The largest absolute Gasteiger partial charge is 0.396 e. The molecule has 4 heteroatoms. The Morgan fingerprint density at radius 2 is 2.15 bits per heavy atom. The molecule has 1 atom stereocenters. The minimum absolute atomic E-state index is 0.135. The maximum Gasteiger partial charge on any atom is 0.224 e. The molecule has 1 N–H and O–H groups in total. The van der Waals surface area contributed by atoms with Crippen LogP contribution in [0.15, 0.2) is 30.3 Å². The Bertz CT molecular complexity index is 407. The maximum absolute atomic E-state index is 12.0. The molecular formula is C16H23NO3. The molecule has 0 aliphatic carbocycles. The van der Waals surface area contributed by atoms with Gasteiger partial charge in [0, 0.05) is 19.7 Å². The van der Waals surface area contributed by atoms with Crippen LogP contribution in [-0.4, -0.2) is 42.2 Å². The lowest BCUT2D eigenvalue weighted by molar-refractivity contribution is -0.134. The third-order valence-corrected chi connectivity index (χ3v) is 3.70. The van der Waals surface area contributed by atoms with Crippen LogP contribution in [-0.2, 0) is 16.1 Å². The maximum atomic E-state index is 12.0. The van der Waals surface area contributed by atoms with E-state index in [-0.39, 0.29) is 18.4 Å². The van der Waals surface area contributed by atoms with Gasteiger partial charge >= 0.3 is 0 Å². The summed E-state index contributed by atoms with van der Waals surface area (Å²) in [6, 6.07) is 9.96. The first-order valence-corrected chi connectivity index (χ1v) is 7.30. The summed E-state index contributed by atoms with van der Waals surface area (Å²) in [5.41, 5.74) is 1.12. The Morgan fingerprint density at radius 1 is 1.35 bits per heavy atom. The van der Waals surface area contributed by atoms with Gasteiger partial charge in [0.15, 0.2) is 0 Å². The van der Waals surface area contributed by atoms with Crippen LogP contribution in [0.2, 0.25) is 0 Å². The van der Waals surface area contributed by atoms with Crippen molar-refractivity contribution in [3.63, 3.8) is 0 Å². The summed E-state index contributed by atoms with van der Waals surface area (Å²) in [6.07, 6.45) is 2.43. The van der Waals surface area contributed by atoms with Gasteiger partial charge in [-0.05, 0) is 24.3 Å². The highest BCUT2D eigenvalue weighted by Crippen LogP contribution is 2.16. The lowest BCUT2D eigenvalue weighted by Crippen LogP contribution is -2.41. The first kappa shape index (κ1) is 15.0. The number of amides is 1. The molecule has 0 bridgehead atoms. The number of carbonyl (C=O) groups is 1. The second kappa shape index (κ2) is 8.02. The fraction of sp³-hybridized carbons (Fsp3) is 0.562. The van der Waals surface area contributed by atoms with E-state index in [0.29, 0.717) is 26.2 Å². The average Bonchev–Trinajstić information content (AvgIpc) is 2.52. The summed E-state index contributed by atoms with van der Waals surface area (Å²) < 4.78 is 5.54. The number of benzene rings is 1. The fourth-order valence-electron chi connectivity index (χ4n) is 2.52. The van der Waals surface area contributed by atoms with Gasteiger partial charge in [-0.25, -0.2) is 0 Å². The average molecular weight is 277 g/mol. The minimum atomic E-state index is 0.135. The molecule has 1 amide bonds. The van der Waals surface area contributed by atoms with E-state index >= 15 is 0 Å². The SMILES string of the molecule is O=C(CCOCc1ccccc1)N1CCCC(CO)C1. The number of nitrogens with zero attached hydrogens (tertiary/aromatic N) is 1. The topological polar surface area (TPSA) is 49.8 Å². The molecular weight excluding hydrogens is 254 g/mol. The van der Waals surface area contributed by atoms with Crippen molar-refractivity contribution in [1.29, 1.82) is 0 Å². The summed E-state index contributed by atoms with van der Waals surface area (Å²) in [7, 11) is 0. The van der Waals surface area contributed by atoms with Crippen LogP contribution < -0.4 is 0 Å². The third-order valence-electron chi connectivity index (χ3n) is 3.70. The number of rotatable bonds is 6. The van der Waals surface area contributed by atoms with Crippen LogP contribution >= 0.6 is 0 Å². The Balaban J connectivity index is 1.65. The van der Waals surface area contributed by atoms with Crippen LogP contribution in [0.1, 0.15) is 24.8 Å². The summed E-state index contributed by atoms with van der Waals surface area (Å²) >= 11 is 0. The third kappa shape index (κ3) is 4.62. The Labute approximate surface area is 120 Å². The lowest BCUT2D eigenvalue weighted by atomic mass is 9.99. The van der Waals surface area contributed by atoms with Crippen LogP contribution in [0.3, 0.4) is 0 Å². The monoisotopic (exact) mass is 277 g/mol. The molecule has 1 aromatic rings. The summed E-state index contributed by atoms with van der Waals surface area (Å²) in [5, 5.41) is 9.17. The number of hydrogen-bond acceptors (Lipinski definition) is 3.